The number of fused-ring (bicyclic) bond motifs is 3. The number of ether oxygens (including phenoxy) is 1. The molecule has 3 rings (SSSR count). The van der Waals surface area contributed by atoms with E-state index in [4.69, 9.17) is 4.74 Å². The predicted octanol–water partition coefficient (Wildman–Crippen LogP) is 4.70. The van der Waals surface area contributed by atoms with Crippen molar-refractivity contribution in [3.05, 3.63) is 59.7 Å². The molecule has 0 bridgehead atoms. The van der Waals surface area contributed by atoms with E-state index in [2.05, 4.69) is 34.9 Å². The van der Waals surface area contributed by atoms with Gasteiger partial charge in [-0.05, 0) is 34.6 Å². The number of carbonyl (C=O) groups is 3. The van der Waals surface area contributed by atoms with Gasteiger partial charge in [-0.15, -0.1) is 0 Å². The molecule has 0 radical (unpaired) electrons. The van der Waals surface area contributed by atoms with Gasteiger partial charge in [0, 0.05) is 18.4 Å². The van der Waals surface area contributed by atoms with E-state index in [1.165, 1.54) is 0 Å². The summed E-state index contributed by atoms with van der Waals surface area (Å²) in [6, 6.07) is 14.9. The van der Waals surface area contributed by atoms with E-state index in [0.29, 0.717) is 12.8 Å². The molecule has 0 fully saturated rings. The first-order valence-electron chi connectivity index (χ1n) is 12.0. The van der Waals surface area contributed by atoms with Gasteiger partial charge in [-0.25, -0.2) is 9.59 Å². The fraction of sp³-hybridized carbons (Fsp3) is 0.444. The van der Waals surface area contributed by atoms with Gasteiger partial charge in [0.05, 0.1) is 0 Å². The second kappa shape index (κ2) is 11.7. The highest BCUT2D eigenvalue weighted by Gasteiger charge is 2.30. The van der Waals surface area contributed by atoms with Gasteiger partial charge in [0.15, 0.2) is 0 Å². The van der Waals surface area contributed by atoms with Crippen LogP contribution >= 0.6 is 0 Å². The first kappa shape index (κ1) is 25.3. The van der Waals surface area contributed by atoms with E-state index in [1.807, 2.05) is 38.1 Å². The van der Waals surface area contributed by atoms with E-state index in [1.54, 1.807) is 6.92 Å². The smallest absolute Gasteiger partial charge is 0.407 e. The topological polar surface area (TPSA) is 105 Å². The maximum atomic E-state index is 12.6. The molecule has 1 aliphatic carbocycles. The molecular weight excluding hydrogens is 432 g/mol. The Morgan fingerprint density at radius 2 is 1.56 bits per heavy atom. The summed E-state index contributed by atoms with van der Waals surface area (Å²) in [7, 11) is 0. The molecule has 0 saturated heterocycles. The van der Waals surface area contributed by atoms with Gasteiger partial charge in [-0.2, -0.15) is 0 Å². The van der Waals surface area contributed by atoms with Gasteiger partial charge >= 0.3 is 12.1 Å². The van der Waals surface area contributed by atoms with Crippen LogP contribution in [0.15, 0.2) is 48.5 Å². The molecule has 0 saturated carbocycles. The number of carbonyl (C=O) groups excluding carboxylic acids is 2. The lowest BCUT2D eigenvalue weighted by molar-refractivity contribution is -0.143. The molecule has 0 aliphatic heterocycles. The molecule has 0 heterocycles. The Labute approximate surface area is 200 Å². The lowest BCUT2D eigenvalue weighted by Gasteiger charge is -2.23. The monoisotopic (exact) mass is 466 g/mol. The van der Waals surface area contributed by atoms with Crippen LogP contribution in [-0.4, -0.2) is 41.8 Å². The molecule has 1 aliphatic rings. The summed E-state index contributed by atoms with van der Waals surface area (Å²) in [5.41, 5.74) is 4.57. The van der Waals surface area contributed by atoms with Crippen molar-refractivity contribution in [1.82, 2.24) is 10.6 Å². The number of carboxylic acid groups (broad SMARTS) is 1. The minimum Gasteiger partial charge on any atom is -0.480 e. The van der Waals surface area contributed by atoms with Crippen molar-refractivity contribution in [3.63, 3.8) is 0 Å². The van der Waals surface area contributed by atoms with Crippen LogP contribution in [0, 0.1) is 5.92 Å². The number of amides is 2. The van der Waals surface area contributed by atoms with Gasteiger partial charge in [0.1, 0.15) is 12.6 Å². The van der Waals surface area contributed by atoms with Crippen LogP contribution in [-0.2, 0) is 14.3 Å². The van der Waals surface area contributed by atoms with Crippen molar-refractivity contribution in [2.75, 3.05) is 6.61 Å². The zero-order valence-electron chi connectivity index (χ0n) is 20.0. The summed E-state index contributed by atoms with van der Waals surface area (Å²) in [4.78, 5) is 36.6. The highest BCUT2D eigenvalue weighted by Crippen LogP contribution is 2.44. The Bertz CT molecular complexity index is 976. The average molecular weight is 467 g/mol. The van der Waals surface area contributed by atoms with Crippen LogP contribution in [0.5, 0.6) is 0 Å². The van der Waals surface area contributed by atoms with Crippen LogP contribution < -0.4 is 10.6 Å². The third-order valence-corrected chi connectivity index (χ3v) is 6.53. The SMILES string of the molecule is CCC[C@@H](CC(=O)N[C@H](C(=O)O)C(C)CC)NC(=O)OCC1c2ccccc2-c2ccccc21. The predicted molar refractivity (Wildman–Crippen MR) is 131 cm³/mol. The molecule has 2 aromatic carbocycles. The van der Waals surface area contributed by atoms with Crippen molar-refractivity contribution in [2.24, 2.45) is 5.92 Å². The zero-order valence-corrected chi connectivity index (χ0v) is 20.0. The maximum Gasteiger partial charge on any atom is 0.407 e. The summed E-state index contributed by atoms with van der Waals surface area (Å²) >= 11 is 0. The summed E-state index contributed by atoms with van der Waals surface area (Å²) < 4.78 is 5.60. The number of carboxylic acids is 1. The lowest BCUT2D eigenvalue weighted by Crippen LogP contribution is -2.47. The number of rotatable bonds is 11. The first-order chi connectivity index (χ1) is 16.3. The number of hydrogen-bond donors (Lipinski definition) is 3. The maximum absolute atomic E-state index is 12.6. The second-order valence-electron chi connectivity index (χ2n) is 8.93. The molecule has 182 valence electrons. The Morgan fingerprint density at radius 3 is 2.09 bits per heavy atom. The summed E-state index contributed by atoms with van der Waals surface area (Å²) in [5, 5.41) is 14.8. The Morgan fingerprint density at radius 1 is 0.971 bits per heavy atom. The van der Waals surface area contributed by atoms with Crippen LogP contribution in [0.4, 0.5) is 4.79 Å². The largest absolute Gasteiger partial charge is 0.480 e. The number of alkyl carbamates (subject to hydrolysis) is 1. The van der Waals surface area contributed by atoms with Crippen LogP contribution in [0.3, 0.4) is 0 Å². The van der Waals surface area contributed by atoms with Crippen molar-refractivity contribution in [3.8, 4) is 11.1 Å². The standard InChI is InChI=1S/C27H34N2O5/c1-4-10-18(15-24(30)29-25(26(31)32)17(3)5-2)28-27(33)34-16-23-21-13-8-6-11-19(21)20-12-7-9-14-22(20)23/h6-9,11-14,17-18,23,25H,4-5,10,15-16H2,1-3H3,(H,28,33)(H,29,30)(H,31,32)/t17?,18-,25-/m0/s1. The number of benzene rings is 2. The molecular formula is C27H34N2O5. The normalized spacial score (nSPS) is 14.9. The quantitative estimate of drug-likeness (QED) is 0.445. The summed E-state index contributed by atoms with van der Waals surface area (Å²) in [6.45, 7) is 5.83. The Balaban J connectivity index is 1.59. The van der Waals surface area contributed by atoms with Crippen molar-refractivity contribution >= 4 is 18.0 Å². The van der Waals surface area contributed by atoms with Crippen molar-refractivity contribution < 1.29 is 24.2 Å². The minimum absolute atomic E-state index is 0.00174. The van der Waals surface area contributed by atoms with Crippen LogP contribution in [0.1, 0.15) is 63.5 Å². The fourth-order valence-electron chi connectivity index (χ4n) is 4.52. The molecule has 34 heavy (non-hydrogen) atoms. The molecule has 1 unspecified atom stereocenters. The van der Waals surface area contributed by atoms with E-state index < -0.39 is 30.1 Å². The molecule has 0 aromatic heterocycles. The van der Waals surface area contributed by atoms with Gasteiger partial charge in [0.2, 0.25) is 5.91 Å². The number of hydrogen-bond acceptors (Lipinski definition) is 4. The average Bonchev–Trinajstić information content (AvgIpc) is 3.14. The van der Waals surface area contributed by atoms with Crippen LogP contribution in [0.2, 0.25) is 0 Å². The third-order valence-electron chi connectivity index (χ3n) is 6.53. The highest BCUT2D eigenvalue weighted by molar-refractivity contribution is 5.84. The first-order valence-corrected chi connectivity index (χ1v) is 12.0. The van der Waals surface area contributed by atoms with Gasteiger partial charge in [-0.1, -0.05) is 82.1 Å². The van der Waals surface area contributed by atoms with Crippen LogP contribution in [0.25, 0.3) is 11.1 Å². The zero-order chi connectivity index (χ0) is 24.7. The molecule has 2 amide bonds. The second-order valence-corrected chi connectivity index (χ2v) is 8.93. The van der Waals surface area contributed by atoms with Crippen molar-refractivity contribution in [1.29, 1.82) is 0 Å². The van der Waals surface area contributed by atoms with Gasteiger partial charge < -0.3 is 20.5 Å². The molecule has 7 nitrogen and oxygen atoms in total. The summed E-state index contributed by atoms with van der Waals surface area (Å²) in [6.07, 6.45) is 1.39. The Kier molecular flexibility index (Phi) is 8.68. The van der Waals surface area contributed by atoms with E-state index in [-0.39, 0.29) is 24.9 Å². The number of aliphatic carboxylic acids is 1. The molecule has 3 N–H and O–H groups in total. The molecule has 3 atom stereocenters. The van der Waals surface area contributed by atoms with E-state index in [9.17, 15) is 19.5 Å². The highest BCUT2D eigenvalue weighted by atomic mass is 16.5. The summed E-state index contributed by atoms with van der Waals surface area (Å²) in [5.74, 6) is -1.69. The number of nitrogens with one attached hydrogen (secondary N) is 2. The molecule has 0 spiro atoms. The minimum atomic E-state index is -1.06. The third kappa shape index (κ3) is 5.95. The van der Waals surface area contributed by atoms with Gasteiger partial charge in [-0.3, -0.25) is 4.79 Å². The van der Waals surface area contributed by atoms with Gasteiger partial charge in [0.25, 0.3) is 0 Å². The molecule has 2 aromatic rings. The van der Waals surface area contributed by atoms with Crippen molar-refractivity contribution in [2.45, 2.75) is 64.5 Å². The lowest BCUT2D eigenvalue weighted by atomic mass is 9.98. The van der Waals surface area contributed by atoms with E-state index >= 15 is 0 Å². The molecule has 7 heteroatoms. The fourth-order valence-corrected chi connectivity index (χ4v) is 4.52. The van der Waals surface area contributed by atoms with E-state index in [0.717, 1.165) is 28.7 Å². The Hall–Kier alpha value is -3.35.